The van der Waals surface area contributed by atoms with Crippen molar-refractivity contribution in [3.8, 4) is 5.75 Å². The number of carbonyl (C=O) groups excluding carboxylic acids is 2. The number of hydrogen-bond donors (Lipinski definition) is 1. The number of ether oxygens (including phenoxy) is 3. The number of methoxy groups -OCH3 is 1. The van der Waals surface area contributed by atoms with Crippen molar-refractivity contribution in [2.24, 2.45) is 16.2 Å². The Hall–Kier alpha value is -2.92. The maximum atomic E-state index is 14.5. The van der Waals surface area contributed by atoms with Crippen LogP contribution in [0.1, 0.15) is 57.6 Å². The summed E-state index contributed by atoms with van der Waals surface area (Å²) in [5, 5.41) is 0.730. The van der Waals surface area contributed by atoms with Gasteiger partial charge in [-0.15, -0.1) is 4.36 Å². The van der Waals surface area contributed by atoms with E-state index in [-0.39, 0.29) is 23.0 Å². The summed E-state index contributed by atoms with van der Waals surface area (Å²) in [5.41, 5.74) is 1.61. The van der Waals surface area contributed by atoms with Gasteiger partial charge in [-0.05, 0) is 99.2 Å². The van der Waals surface area contributed by atoms with E-state index in [0.717, 1.165) is 49.4 Å². The van der Waals surface area contributed by atoms with Crippen LogP contribution in [-0.4, -0.2) is 61.1 Å². The molecule has 242 valence electrons. The highest BCUT2D eigenvalue weighted by molar-refractivity contribution is 7.92. The number of nitrogens with one attached hydrogen (secondary N) is 1. The van der Waals surface area contributed by atoms with Gasteiger partial charge in [0.1, 0.15) is 11.4 Å². The standard InChI is InChI=1S/C34H42ClN3O6S/c1-22(39)36-45(41)26-11-14-31-29(18-26)38(20-34(21-43-31)15-5-7-23-17-25(35)10-13-28(23)34)19-24-9-12-27(24)30(42-4)8-6-16-44-33(2,3)32(40)37-45/h6,8,10-11,13-14,17-18,24,27,30H,5,7,9,12,15-16,19-21H2,1-4H3,(H,36,37,39,40,41)/b8-6-/t24-,27+,30+,34-,45?/m0/s1. The molecule has 0 aromatic heterocycles. The highest BCUT2D eigenvalue weighted by Gasteiger charge is 2.44. The highest BCUT2D eigenvalue weighted by atomic mass is 35.5. The third-order valence-electron chi connectivity index (χ3n) is 9.83. The number of carbonyl (C=O) groups is 2. The first-order valence-corrected chi connectivity index (χ1v) is 17.6. The number of rotatable bonds is 2. The Morgan fingerprint density at radius 3 is 2.76 bits per heavy atom. The zero-order chi connectivity index (χ0) is 32.0. The summed E-state index contributed by atoms with van der Waals surface area (Å²) < 4.78 is 39.5. The van der Waals surface area contributed by atoms with Crippen LogP contribution in [0, 0.1) is 11.8 Å². The second-order valence-corrected chi connectivity index (χ2v) is 15.6. The van der Waals surface area contributed by atoms with Gasteiger partial charge in [-0.3, -0.25) is 14.3 Å². The molecule has 2 bridgehead atoms. The van der Waals surface area contributed by atoms with E-state index in [2.05, 4.69) is 26.1 Å². The maximum Gasteiger partial charge on any atom is 0.287 e. The lowest BCUT2D eigenvalue weighted by Gasteiger charge is -2.46. The zero-order valence-corrected chi connectivity index (χ0v) is 27.9. The molecule has 2 amide bonds. The fraction of sp³-hybridized carbons (Fsp3) is 0.529. The second-order valence-electron chi connectivity index (χ2n) is 13.3. The van der Waals surface area contributed by atoms with Gasteiger partial charge in [-0.2, -0.15) is 0 Å². The van der Waals surface area contributed by atoms with E-state index in [1.165, 1.54) is 18.1 Å². The van der Waals surface area contributed by atoms with Crippen LogP contribution in [0.2, 0.25) is 5.02 Å². The third kappa shape index (κ3) is 6.26. The molecule has 1 unspecified atom stereocenters. The van der Waals surface area contributed by atoms with E-state index in [9.17, 15) is 13.8 Å². The van der Waals surface area contributed by atoms with E-state index in [0.29, 0.717) is 30.7 Å². The molecule has 2 aromatic carbocycles. The van der Waals surface area contributed by atoms with E-state index in [1.807, 2.05) is 18.2 Å². The Balaban J connectivity index is 1.51. The zero-order valence-electron chi connectivity index (χ0n) is 26.3. The molecule has 2 aliphatic carbocycles. The summed E-state index contributed by atoms with van der Waals surface area (Å²) in [7, 11) is -1.97. The van der Waals surface area contributed by atoms with Crippen LogP contribution >= 0.6 is 11.6 Å². The van der Waals surface area contributed by atoms with Gasteiger partial charge >= 0.3 is 0 Å². The predicted molar refractivity (Wildman–Crippen MR) is 174 cm³/mol. The Labute approximate surface area is 270 Å². The highest BCUT2D eigenvalue weighted by Crippen LogP contribution is 2.47. The van der Waals surface area contributed by atoms with Crippen molar-refractivity contribution in [1.82, 2.24) is 4.72 Å². The van der Waals surface area contributed by atoms with Crippen LogP contribution in [0.25, 0.3) is 0 Å². The third-order valence-corrected chi connectivity index (χ3v) is 11.9. The summed E-state index contributed by atoms with van der Waals surface area (Å²) >= 11 is 6.43. The van der Waals surface area contributed by atoms with Crippen LogP contribution in [-0.2, 0) is 40.8 Å². The maximum absolute atomic E-state index is 14.5. The summed E-state index contributed by atoms with van der Waals surface area (Å²) in [6.45, 7) is 6.49. The molecule has 1 spiro atoms. The van der Waals surface area contributed by atoms with Crippen LogP contribution in [0.5, 0.6) is 5.75 Å². The van der Waals surface area contributed by atoms with Gasteiger partial charge < -0.3 is 19.1 Å². The molecule has 2 aromatic rings. The Morgan fingerprint density at radius 1 is 1.20 bits per heavy atom. The number of halogens is 1. The van der Waals surface area contributed by atoms with E-state index in [4.69, 9.17) is 25.8 Å². The fourth-order valence-corrected chi connectivity index (χ4v) is 9.09. The van der Waals surface area contributed by atoms with Crippen molar-refractivity contribution in [2.75, 3.05) is 38.3 Å². The normalized spacial score (nSPS) is 31.7. The average Bonchev–Trinajstić information content (AvgIpc) is 3.12. The predicted octanol–water partition coefficient (Wildman–Crippen LogP) is 5.62. The summed E-state index contributed by atoms with van der Waals surface area (Å²) in [6, 6.07) is 11.4. The van der Waals surface area contributed by atoms with Crippen molar-refractivity contribution < 1.29 is 28.0 Å². The quantitative estimate of drug-likeness (QED) is 0.419. The van der Waals surface area contributed by atoms with Crippen molar-refractivity contribution >= 4 is 39.0 Å². The lowest BCUT2D eigenvalue weighted by Crippen LogP contribution is -2.49. The summed E-state index contributed by atoms with van der Waals surface area (Å²) in [5.74, 6) is 0.0161. The van der Waals surface area contributed by atoms with Gasteiger partial charge in [0, 0.05) is 37.6 Å². The molecule has 1 saturated carbocycles. The van der Waals surface area contributed by atoms with Crippen LogP contribution in [0.15, 0.2) is 57.8 Å². The molecule has 11 heteroatoms. The van der Waals surface area contributed by atoms with Gasteiger partial charge in [0.25, 0.3) is 5.91 Å². The van der Waals surface area contributed by atoms with Crippen molar-refractivity contribution in [1.29, 1.82) is 0 Å². The van der Waals surface area contributed by atoms with E-state index in [1.54, 1.807) is 39.2 Å². The number of nitrogens with zero attached hydrogens (tertiary/aromatic N) is 2. The van der Waals surface area contributed by atoms with Crippen molar-refractivity contribution in [3.05, 3.63) is 64.7 Å². The lowest BCUT2D eigenvalue weighted by atomic mass is 9.68. The molecule has 1 N–H and O–H groups in total. The van der Waals surface area contributed by atoms with Gasteiger partial charge in [0.15, 0.2) is 9.92 Å². The van der Waals surface area contributed by atoms with Gasteiger partial charge in [-0.25, -0.2) is 4.21 Å². The summed E-state index contributed by atoms with van der Waals surface area (Å²) in [6.07, 6.45) is 8.83. The Bertz CT molecular complexity index is 1650. The fourth-order valence-electron chi connectivity index (χ4n) is 7.26. The Morgan fingerprint density at radius 2 is 2.02 bits per heavy atom. The average molecular weight is 656 g/mol. The second kappa shape index (κ2) is 12.4. The van der Waals surface area contributed by atoms with Crippen LogP contribution in [0.4, 0.5) is 5.69 Å². The molecule has 1 fully saturated rings. The van der Waals surface area contributed by atoms with E-state index < -0.39 is 27.3 Å². The molecular weight excluding hydrogens is 614 g/mol. The first-order chi connectivity index (χ1) is 21.4. The number of hydrogen-bond acceptors (Lipinski definition) is 7. The molecule has 2 aliphatic heterocycles. The number of amides is 2. The van der Waals surface area contributed by atoms with E-state index >= 15 is 0 Å². The number of fused-ring (bicyclic) bond motifs is 4. The molecular formula is C34H42ClN3O6S. The molecule has 9 nitrogen and oxygen atoms in total. The Kier molecular flexibility index (Phi) is 8.80. The largest absolute Gasteiger partial charge is 0.490 e. The van der Waals surface area contributed by atoms with Crippen molar-refractivity contribution in [2.45, 2.75) is 74.9 Å². The van der Waals surface area contributed by atoms with Gasteiger partial charge in [-0.1, -0.05) is 29.8 Å². The number of anilines is 1. The minimum atomic E-state index is -3.70. The molecule has 45 heavy (non-hydrogen) atoms. The first-order valence-electron chi connectivity index (χ1n) is 15.7. The molecule has 0 radical (unpaired) electrons. The van der Waals surface area contributed by atoms with Crippen LogP contribution < -0.4 is 14.4 Å². The van der Waals surface area contributed by atoms with Crippen LogP contribution in [0.3, 0.4) is 0 Å². The summed E-state index contributed by atoms with van der Waals surface area (Å²) in [4.78, 5) is 28.3. The SMILES string of the molecule is CO[C@@H]1/C=C\COC(C)(C)C(=O)N=S(=O)(NC(C)=O)c2ccc3c(c2)N(C[C@@H]2CC[C@H]21)C[C@@]1(CCCc2cc(Cl)ccc21)CO3. The lowest BCUT2D eigenvalue weighted by molar-refractivity contribution is -0.137. The smallest absolute Gasteiger partial charge is 0.287 e. The minimum absolute atomic E-state index is 0.0946. The molecule has 6 rings (SSSR count). The molecule has 5 atom stereocenters. The van der Waals surface area contributed by atoms with Gasteiger partial charge in [0.05, 0.1) is 29.9 Å². The number of aryl methyl sites for hydroxylation is 1. The van der Waals surface area contributed by atoms with Gasteiger partial charge in [0.2, 0.25) is 5.91 Å². The molecule has 0 saturated heterocycles. The molecule has 4 aliphatic rings. The first kappa shape index (κ1) is 32.0. The number of benzene rings is 2. The monoisotopic (exact) mass is 655 g/mol. The topological polar surface area (TPSA) is 107 Å². The van der Waals surface area contributed by atoms with Crippen molar-refractivity contribution in [3.63, 3.8) is 0 Å². The molecule has 2 heterocycles. The minimum Gasteiger partial charge on any atom is -0.490 e.